The molecule has 1 aromatic carbocycles. The van der Waals surface area contributed by atoms with Gasteiger partial charge < -0.3 is 10.6 Å². The van der Waals surface area contributed by atoms with Crippen molar-refractivity contribution in [3.63, 3.8) is 0 Å². The van der Waals surface area contributed by atoms with Gasteiger partial charge in [0.05, 0.1) is 6.04 Å². The third-order valence-corrected chi connectivity index (χ3v) is 2.38. The van der Waals surface area contributed by atoms with Gasteiger partial charge >= 0.3 is 0 Å². The average Bonchev–Trinajstić information content (AvgIpc) is 2.25. The molecular formula is C13H20N2O. The van der Waals surface area contributed by atoms with Crippen molar-refractivity contribution < 1.29 is 4.79 Å². The van der Waals surface area contributed by atoms with Gasteiger partial charge in [-0.05, 0) is 44.5 Å². The number of hydrogen-bond acceptors (Lipinski definition) is 2. The van der Waals surface area contributed by atoms with E-state index < -0.39 is 0 Å². The predicted octanol–water partition coefficient (Wildman–Crippen LogP) is 2.32. The van der Waals surface area contributed by atoms with Crippen molar-refractivity contribution >= 4 is 11.6 Å². The molecule has 0 spiro atoms. The SMILES string of the molecule is CCCN[C@H](C)C(=O)Nc1cccc(C)c1. The molecule has 0 unspecified atom stereocenters. The third kappa shape index (κ3) is 4.03. The molecule has 0 aromatic heterocycles. The van der Waals surface area contributed by atoms with Crippen LogP contribution in [0.25, 0.3) is 0 Å². The maximum absolute atomic E-state index is 11.8. The number of benzene rings is 1. The zero-order chi connectivity index (χ0) is 12.0. The standard InChI is InChI=1S/C13H20N2O/c1-4-8-14-11(3)13(16)15-12-7-5-6-10(2)9-12/h5-7,9,11,14H,4,8H2,1-3H3,(H,15,16)/t11-/m1/s1. The van der Waals surface area contributed by atoms with E-state index in [0.717, 1.165) is 24.2 Å². The first-order valence-corrected chi connectivity index (χ1v) is 5.74. The minimum absolute atomic E-state index is 0.0130. The minimum Gasteiger partial charge on any atom is -0.325 e. The van der Waals surface area contributed by atoms with E-state index >= 15 is 0 Å². The van der Waals surface area contributed by atoms with Gasteiger partial charge in [-0.15, -0.1) is 0 Å². The van der Waals surface area contributed by atoms with Gasteiger partial charge in [0.15, 0.2) is 0 Å². The first-order chi connectivity index (χ1) is 7.63. The molecule has 3 heteroatoms. The van der Waals surface area contributed by atoms with E-state index in [-0.39, 0.29) is 11.9 Å². The van der Waals surface area contributed by atoms with Crippen LogP contribution in [-0.4, -0.2) is 18.5 Å². The molecular weight excluding hydrogens is 200 g/mol. The zero-order valence-electron chi connectivity index (χ0n) is 10.2. The van der Waals surface area contributed by atoms with Gasteiger partial charge in [-0.1, -0.05) is 19.1 Å². The summed E-state index contributed by atoms with van der Waals surface area (Å²) in [4.78, 5) is 11.8. The molecule has 0 aliphatic carbocycles. The number of carbonyl (C=O) groups is 1. The Morgan fingerprint density at radius 3 is 2.81 bits per heavy atom. The van der Waals surface area contributed by atoms with E-state index in [0.29, 0.717) is 0 Å². The Balaban J connectivity index is 2.50. The Labute approximate surface area is 97.2 Å². The van der Waals surface area contributed by atoms with Crippen molar-refractivity contribution in [2.24, 2.45) is 0 Å². The lowest BCUT2D eigenvalue weighted by atomic mass is 10.2. The van der Waals surface area contributed by atoms with E-state index in [9.17, 15) is 4.79 Å². The number of anilines is 1. The minimum atomic E-state index is -0.152. The van der Waals surface area contributed by atoms with Crippen molar-refractivity contribution in [2.45, 2.75) is 33.2 Å². The molecule has 3 nitrogen and oxygen atoms in total. The fourth-order valence-corrected chi connectivity index (χ4v) is 1.43. The highest BCUT2D eigenvalue weighted by Gasteiger charge is 2.11. The Morgan fingerprint density at radius 2 is 2.19 bits per heavy atom. The molecule has 0 fully saturated rings. The number of aryl methyl sites for hydroxylation is 1. The van der Waals surface area contributed by atoms with Crippen LogP contribution in [0, 0.1) is 6.92 Å². The van der Waals surface area contributed by atoms with Crippen LogP contribution < -0.4 is 10.6 Å². The monoisotopic (exact) mass is 220 g/mol. The number of hydrogen-bond donors (Lipinski definition) is 2. The molecule has 0 radical (unpaired) electrons. The second kappa shape index (κ2) is 6.28. The van der Waals surface area contributed by atoms with Crippen LogP contribution in [-0.2, 0) is 4.79 Å². The first kappa shape index (κ1) is 12.7. The molecule has 2 N–H and O–H groups in total. The molecule has 0 saturated carbocycles. The molecule has 1 aromatic rings. The normalized spacial score (nSPS) is 12.2. The first-order valence-electron chi connectivity index (χ1n) is 5.74. The summed E-state index contributed by atoms with van der Waals surface area (Å²) >= 11 is 0. The van der Waals surface area contributed by atoms with Crippen molar-refractivity contribution in [1.82, 2.24) is 5.32 Å². The van der Waals surface area contributed by atoms with Crippen molar-refractivity contribution in [3.05, 3.63) is 29.8 Å². The Morgan fingerprint density at radius 1 is 1.44 bits per heavy atom. The topological polar surface area (TPSA) is 41.1 Å². The second-order valence-corrected chi connectivity index (χ2v) is 4.03. The highest BCUT2D eigenvalue weighted by Crippen LogP contribution is 2.09. The van der Waals surface area contributed by atoms with E-state index in [1.54, 1.807) is 0 Å². The molecule has 0 aliphatic heterocycles. The van der Waals surface area contributed by atoms with Gasteiger partial charge in [0, 0.05) is 5.69 Å². The molecule has 0 aliphatic rings. The van der Waals surface area contributed by atoms with Crippen LogP contribution in [0.3, 0.4) is 0 Å². The summed E-state index contributed by atoms with van der Waals surface area (Å²) in [5.41, 5.74) is 2.00. The van der Waals surface area contributed by atoms with Crippen LogP contribution in [0.15, 0.2) is 24.3 Å². The molecule has 88 valence electrons. The maximum Gasteiger partial charge on any atom is 0.241 e. The van der Waals surface area contributed by atoms with Crippen LogP contribution in [0.4, 0.5) is 5.69 Å². The fraction of sp³-hybridized carbons (Fsp3) is 0.462. The summed E-state index contributed by atoms with van der Waals surface area (Å²) in [6.45, 7) is 6.83. The second-order valence-electron chi connectivity index (χ2n) is 4.03. The predicted molar refractivity (Wildman–Crippen MR) is 67.6 cm³/mol. The van der Waals surface area contributed by atoms with Crippen molar-refractivity contribution in [3.8, 4) is 0 Å². The Hall–Kier alpha value is -1.35. The molecule has 0 bridgehead atoms. The quantitative estimate of drug-likeness (QED) is 0.799. The zero-order valence-corrected chi connectivity index (χ0v) is 10.2. The molecule has 1 atom stereocenters. The molecule has 0 saturated heterocycles. The summed E-state index contributed by atoms with van der Waals surface area (Å²) in [5, 5.41) is 6.04. The lowest BCUT2D eigenvalue weighted by Gasteiger charge is -2.13. The van der Waals surface area contributed by atoms with Crippen LogP contribution in [0.1, 0.15) is 25.8 Å². The molecule has 1 rings (SSSR count). The third-order valence-electron chi connectivity index (χ3n) is 2.38. The van der Waals surface area contributed by atoms with Crippen molar-refractivity contribution in [1.29, 1.82) is 0 Å². The van der Waals surface area contributed by atoms with Gasteiger partial charge in [-0.25, -0.2) is 0 Å². The van der Waals surface area contributed by atoms with E-state index in [1.807, 2.05) is 38.1 Å². The lowest BCUT2D eigenvalue weighted by Crippen LogP contribution is -2.38. The van der Waals surface area contributed by atoms with Gasteiger partial charge in [-0.3, -0.25) is 4.79 Å². The lowest BCUT2D eigenvalue weighted by molar-refractivity contribution is -0.117. The fourth-order valence-electron chi connectivity index (χ4n) is 1.43. The Kier molecular flexibility index (Phi) is 4.99. The smallest absolute Gasteiger partial charge is 0.241 e. The highest BCUT2D eigenvalue weighted by molar-refractivity contribution is 5.94. The van der Waals surface area contributed by atoms with E-state index in [4.69, 9.17) is 0 Å². The van der Waals surface area contributed by atoms with Crippen LogP contribution >= 0.6 is 0 Å². The summed E-state index contributed by atoms with van der Waals surface area (Å²) in [7, 11) is 0. The van der Waals surface area contributed by atoms with Gasteiger partial charge in [0.1, 0.15) is 0 Å². The number of amides is 1. The van der Waals surface area contributed by atoms with Gasteiger partial charge in [-0.2, -0.15) is 0 Å². The van der Waals surface area contributed by atoms with E-state index in [1.165, 1.54) is 0 Å². The summed E-state index contributed by atoms with van der Waals surface area (Å²) in [6.07, 6.45) is 1.03. The van der Waals surface area contributed by atoms with Crippen LogP contribution in [0.5, 0.6) is 0 Å². The van der Waals surface area contributed by atoms with Crippen molar-refractivity contribution in [2.75, 3.05) is 11.9 Å². The summed E-state index contributed by atoms with van der Waals surface area (Å²) in [6, 6.07) is 7.66. The van der Waals surface area contributed by atoms with Gasteiger partial charge in [0.25, 0.3) is 0 Å². The molecule has 0 heterocycles. The summed E-state index contributed by atoms with van der Waals surface area (Å²) < 4.78 is 0. The van der Waals surface area contributed by atoms with Crippen LogP contribution in [0.2, 0.25) is 0 Å². The van der Waals surface area contributed by atoms with Gasteiger partial charge in [0.2, 0.25) is 5.91 Å². The highest BCUT2D eigenvalue weighted by atomic mass is 16.2. The largest absolute Gasteiger partial charge is 0.325 e. The Bertz CT molecular complexity index is 350. The number of carbonyl (C=O) groups excluding carboxylic acids is 1. The number of nitrogens with one attached hydrogen (secondary N) is 2. The molecule has 16 heavy (non-hydrogen) atoms. The average molecular weight is 220 g/mol. The maximum atomic E-state index is 11.8. The van der Waals surface area contributed by atoms with E-state index in [2.05, 4.69) is 17.6 Å². The summed E-state index contributed by atoms with van der Waals surface area (Å²) in [5.74, 6) is 0.0130. The number of rotatable bonds is 5. The molecule has 1 amide bonds.